The van der Waals surface area contributed by atoms with Gasteiger partial charge in [0.05, 0.1) is 10.7 Å². The van der Waals surface area contributed by atoms with Gasteiger partial charge in [-0.15, -0.1) is 0 Å². The minimum atomic E-state index is -0.200. The normalized spacial score (nSPS) is 14.2. The van der Waals surface area contributed by atoms with Crippen LogP contribution in [-0.2, 0) is 9.59 Å². The lowest BCUT2D eigenvalue weighted by Crippen LogP contribution is -2.51. The number of carbonyl (C=O) groups is 2. The lowest BCUT2D eigenvalue weighted by molar-refractivity contribution is -0.131. The van der Waals surface area contributed by atoms with E-state index >= 15 is 0 Å². The average molecular weight is 372 g/mol. The van der Waals surface area contributed by atoms with E-state index in [0.29, 0.717) is 23.8 Å². The zero-order valence-electron chi connectivity index (χ0n) is 14.8. The minimum Gasteiger partial charge on any atom is -0.368 e. The molecule has 3 rings (SSSR count). The second-order valence-electron chi connectivity index (χ2n) is 6.26. The largest absolute Gasteiger partial charge is 0.368 e. The molecule has 1 saturated heterocycles. The highest BCUT2D eigenvalue weighted by Crippen LogP contribution is 2.25. The van der Waals surface area contributed by atoms with Gasteiger partial charge >= 0.3 is 0 Å². The van der Waals surface area contributed by atoms with E-state index in [4.69, 9.17) is 11.6 Å². The van der Waals surface area contributed by atoms with E-state index in [0.717, 1.165) is 13.1 Å². The lowest BCUT2D eigenvalue weighted by atomic mass is 10.2. The number of carbonyl (C=O) groups excluding carboxylic acids is 2. The number of para-hydroxylation sites is 2. The molecule has 0 saturated carbocycles. The Bertz CT molecular complexity index is 774. The molecular formula is C20H22ClN3O2. The van der Waals surface area contributed by atoms with Gasteiger partial charge in [0, 0.05) is 38.8 Å². The van der Waals surface area contributed by atoms with Gasteiger partial charge in [-0.1, -0.05) is 41.9 Å². The molecule has 0 spiro atoms. The van der Waals surface area contributed by atoms with Crippen LogP contribution in [0.4, 0.5) is 11.4 Å². The standard InChI is InChI=1S/C20H22ClN3O2/c1-16(25)24(19-10-6-5-9-18(19)21)15-20(26)23-13-11-22(12-14-23)17-7-3-2-4-8-17/h2-10H,11-15H2,1H3. The smallest absolute Gasteiger partial charge is 0.242 e. The van der Waals surface area contributed by atoms with E-state index in [1.165, 1.54) is 17.5 Å². The summed E-state index contributed by atoms with van der Waals surface area (Å²) in [6.07, 6.45) is 0. The fourth-order valence-corrected chi connectivity index (χ4v) is 3.36. The van der Waals surface area contributed by atoms with E-state index in [9.17, 15) is 9.59 Å². The van der Waals surface area contributed by atoms with Crippen molar-refractivity contribution in [2.75, 3.05) is 42.5 Å². The topological polar surface area (TPSA) is 43.9 Å². The van der Waals surface area contributed by atoms with Crippen LogP contribution in [-0.4, -0.2) is 49.4 Å². The van der Waals surface area contributed by atoms with Crippen LogP contribution < -0.4 is 9.80 Å². The summed E-state index contributed by atoms with van der Waals surface area (Å²) in [5.74, 6) is -0.262. The van der Waals surface area contributed by atoms with Crippen LogP contribution >= 0.6 is 11.6 Å². The number of amides is 2. The highest BCUT2D eigenvalue weighted by atomic mass is 35.5. The van der Waals surface area contributed by atoms with E-state index in [1.807, 2.05) is 23.1 Å². The number of halogens is 1. The van der Waals surface area contributed by atoms with Crippen molar-refractivity contribution in [1.82, 2.24) is 4.90 Å². The molecule has 0 unspecified atom stereocenters. The molecule has 0 bridgehead atoms. The Morgan fingerprint density at radius 2 is 1.58 bits per heavy atom. The number of piperazine rings is 1. The highest BCUT2D eigenvalue weighted by Gasteiger charge is 2.25. The van der Waals surface area contributed by atoms with Crippen LogP contribution in [0.3, 0.4) is 0 Å². The molecule has 2 amide bonds. The van der Waals surface area contributed by atoms with E-state index in [2.05, 4.69) is 17.0 Å². The van der Waals surface area contributed by atoms with Gasteiger partial charge in [-0.2, -0.15) is 0 Å². The summed E-state index contributed by atoms with van der Waals surface area (Å²) < 4.78 is 0. The lowest BCUT2D eigenvalue weighted by Gasteiger charge is -2.37. The Morgan fingerprint density at radius 3 is 2.19 bits per heavy atom. The van der Waals surface area contributed by atoms with Crippen molar-refractivity contribution in [3.8, 4) is 0 Å². The van der Waals surface area contributed by atoms with Crippen molar-refractivity contribution in [3.63, 3.8) is 0 Å². The molecule has 136 valence electrons. The molecule has 26 heavy (non-hydrogen) atoms. The monoisotopic (exact) mass is 371 g/mol. The molecule has 0 radical (unpaired) electrons. The maximum absolute atomic E-state index is 12.7. The average Bonchev–Trinajstić information content (AvgIpc) is 2.67. The number of hydrogen-bond acceptors (Lipinski definition) is 3. The van der Waals surface area contributed by atoms with Gasteiger partial charge in [0.25, 0.3) is 0 Å². The molecule has 6 heteroatoms. The van der Waals surface area contributed by atoms with E-state index in [1.54, 1.807) is 24.3 Å². The third-order valence-corrected chi connectivity index (χ3v) is 4.89. The first kappa shape index (κ1) is 18.3. The molecule has 1 heterocycles. The summed E-state index contributed by atoms with van der Waals surface area (Å²) in [7, 11) is 0. The molecule has 0 N–H and O–H groups in total. The van der Waals surface area contributed by atoms with Gasteiger partial charge in [0.15, 0.2) is 0 Å². The molecule has 0 aromatic heterocycles. The Morgan fingerprint density at radius 1 is 0.962 bits per heavy atom. The van der Waals surface area contributed by atoms with Crippen molar-refractivity contribution >= 4 is 34.8 Å². The SMILES string of the molecule is CC(=O)N(CC(=O)N1CCN(c2ccccc2)CC1)c1ccccc1Cl. The summed E-state index contributed by atoms with van der Waals surface area (Å²) >= 11 is 6.19. The third-order valence-electron chi connectivity index (χ3n) is 4.57. The molecule has 1 aliphatic rings. The zero-order valence-corrected chi connectivity index (χ0v) is 15.5. The number of hydrogen-bond donors (Lipinski definition) is 0. The van der Waals surface area contributed by atoms with Crippen LogP contribution in [0.25, 0.3) is 0 Å². The second kappa shape index (κ2) is 8.23. The molecule has 1 aliphatic heterocycles. The Kier molecular flexibility index (Phi) is 5.78. The third kappa shape index (κ3) is 4.17. The van der Waals surface area contributed by atoms with Gasteiger partial charge in [-0.25, -0.2) is 0 Å². The molecule has 5 nitrogen and oxygen atoms in total. The molecule has 2 aromatic rings. The van der Waals surface area contributed by atoms with E-state index < -0.39 is 0 Å². The first-order chi connectivity index (χ1) is 12.6. The fourth-order valence-electron chi connectivity index (χ4n) is 3.12. The van der Waals surface area contributed by atoms with Gasteiger partial charge in [-0.05, 0) is 24.3 Å². The van der Waals surface area contributed by atoms with Crippen molar-refractivity contribution in [3.05, 3.63) is 59.6 Å². The summed E-state index contributed by atoms with van der Waals surface area (Å²) in [5.41, 5.74) is 1.74. The highest BCUT2D eigenvalue weighted by molar-refractivity contribution is 6.33. The van der Waals surface area contributed by atoms with Crippen LogP contribution in [0.1, 0.15) is 6.92 Å². The van der Waals surface area contributed by atoms with Gasteiger partial charge in [0.1, 0.15) is 6.54 Å². The molecule has 1 fully saturated rings. The summed E-state index contributed by atoms with van der Waals surface area (Å²) in [5, 5.41) is 0.462. The second-order valence-corrected chi connectivity index (χ2v) is 6.67. The molecule has 2 aromatic carbocycles. The summed E-state index contributed by atoms with van der Waals surface area (Å²) in [6.45, 7) is 4.29. The molecule has 0 aliphatic carbocycles. The van der Waals surface area contributed by atoms with Crippen LogP contribution in [0, 0.1) is 0 Å². The maximum atomic E-state index is 12.7. The Balaban J connectivity index is 1.63. The molecule has 0 atom stereocenters. The minimum absolute atomic E-state index is 0.00437. The van der Waals surface area contributed by atoms with Crippen molar-refractivity contribution in [2.24, 2.45) is 0 Å². The van der Waals surface area contributed by atoms with Crippen LogP contribution in [0.15, 0.2) is 54.6 Å². The van der Waals surface area contributed by atoms with Crippen LogP contribution in [0.5, 0.6) is 0 Å². The zero-order chi connectivity index (χ0) is 18.5. The summed E-state index contributed by atoms with van der Waals surface area (Å²) in [6, 6.07) is 17.3. The Hall–Kier alpha value is -2.53. The number of nitrogens with zero attached hydrogens (tertiary/aromatic N) is 3. The Labute approximate surface area is 158 Å². The van der Waals surface area contributed by atoms with Crippen molar-refractivity contribution in [2.45, 2.75) is 6.92 Å². The first-order valence-corrected chi connectivity index (χ1v) is 9.04. The van der Waals surface area contributed by atoms with Gasteiger partial charge in [0.2, 0.25) is 11.8 Å². The predicted octanol–water partition coefficient (Wildman–Crippen LogP) is 3.04. The number of rotatable bonds is 4. The predicted molar refractivity (Wildman–Crippen MR) is 105 cm³/mol. The van der Waals surface area contributed by atoms with E-state index in [-0.39, 0.29) is 18.4 Å². The van der Waals surface area contributed by atoms with Gasteiger partial charge < -0.3 is 14.7 Å². The van der Waals surface area contributed by atoms with Gasteiger partial charge in [-0.3, -0.25) is 9.59 Å². The first-order valence-electron chi connectivity index (χ1n) is 8.66. The molecular weight excluding hydrogens is 350 g/mol. The van der Waals surface area contributed by atoms with Crippen molar-refractivity contribution in [1.29, 1.82) is 0 Å². The number of benzene rings is 2. The summed E-state index contributed by atoms with van der Waals surface area (Å²) in [4.78, 5) is 30.3. The number of anilines is 2. The fraction of sp³-hybridized carbons (Fsp3) is 0.300. The maximum Gasteiger partial charge on any atom is 0.242 e. The quantitative estimate of drug-likeness (QED) is 0.829. The van der Waals surface area contributed by atoms with Crippen LogP contribution in [0.2, 0.25) is 5.02 Å². The van der Waals surface area contributed by atoms with Crippen molar-refractivity contribution < 1.29 is 9.59 Å².